The molecule has 0 aromatic carbocycles. The fourth-order valence-electron chi connectivity index (χ4n) is 0.455. The van der Waals surface area contributed by atoms with E-state index >= 15 is 0 Å². The summed E-state index contributed by atoms with van der Waals surface area (Å²) in [6, 6.07) is 0. The number of hydrogen-bond donors (Lipinski definition) is 2. The minimum absolute atomic E-state index is 0.167. The Labute approximate surface area is 65.4 Å². The van der Waals surface area contributed by atoms with Crippen molar-refractivity contribution in [2.75, 3.05) is 5.73 Å². The normalized spacial score (nSPS) is 11.5. The van der Waals surface area contributed by atoms with Crippen LogP contribution in [0.2, 0.25) is 0 Å². The lowest BCUT2D eigenvalue weighted by atomic mass is 10.4. The van der Waals surface area contributed by atoms with Crippen LogP contribution in [0.5, 0.6) is 0 Å². The molecule has 58 valence electrons. The van der Waals surface area contributed by atoms with Gasteiger partial charge in [0.1, 0.15) is 0 Å². The Kier molecular flexibility index (Phi) is 2.12. The van der Waals surface area contributed by atoms with Gasteiger partial charge in [-0.25, -0.2) is 0 Å². The molecule has 0 bridgehead atoms. The molecule has 0 saturated carbocycles. The third kappa shape index (κ3) is 1.49. The topological polar surface area (TPSA) is 101 Å². The third-order valence-corrected chi connectivity index (χ3v) is 1.65. The van der Waals surface area contributed by atoms with Gasteiger partial charge >= 0.3 is 0 Å². The molecule has 1 aromatic heterocycles. The van der Waals surface area contributed by atoms with Gasteiger partial charge in [0.25, 0.3) is 0 Å². The molecule has 11 heavy (non-hydrogen) atoms. The van der Waals surface area contributed by atoms with Crippen LogP contribution in [0.25, 0.3) is 0 Å². The Morgan fingerprint density at radius 2 is 2.45 bits per heavy atom. The minimum Gasteiger partial charge on any atom is -0.410 e. The van der Waals surface area contributed by atoms with Gasteiger partial charge in [-0.1, -0.05) is 16.5 Å². The van der Waals surface area contributed by atoms with E-state index in [1.54, 1.807) is 0 Å². The minimum atomic E-state index is -0.167. The van der Waals surface area contributed by atoms with Crippen LogP contribution in [0, 0.1) is 0 Å². The predicted molar refractivity (Wildman–Crippen MR) is 38.7 cm³/mol. The van der Waals surface area contributed by atoms with Gasteiger partial charge in [0, 0.05) is 0 Å². The molecule has 1 heterocycles. The quantitative estimate of drug-likeness (QED) is 0.271. The molecule has 3 N–H and O–H groups in total. The Bertz CT molecular complexity index is 294. The maximum Gasteiger partial charge on any atom is 0.203 e. The van der Waals surface area contributed by atoms with Gasteiger partial charge in [-0.05, 0) is 0 Å². The highest BCUT2D eigenvalue weighted by Crippen LogP contribution is 2.10. The molecule has 0 aliphatic carbocycles. The van der Waals surface area contributed by atoms with E-state index in [0.717, 1.165) is 11.3 Å². The third-order valence-electron chi connectivity index (χ3n) is 0.879. The smallest absolute Gasteiger partial charge is 0.203 e. The number of carbonyl (C=O) groups is 1. The average Bonchev–Trinajstić information content (AvgIpc) is 2.39. The number of rotatable bonds is 2. The fourth-order valence-corrected chi connectivity index (χ4v) is 1.01. The number of aldehydes is 1. The molecule has 0 aliphatic rings. The largest absolute Gasteiger partial charge is 0.410 e. The van der Waals surface area contributed by atoms with Gasteiger partial charge in [0.05, 0.1) is 0 Å². The molecule has 0 radical (unpaired) electrons. The Hall–Kier alpha value is -1.50. The number of carbonyl (C=O) groups excluding carboxylic acids is 1. The number of nitrogen functional groups attached to an aromatic ring is 1. The van der Waals surface area contributed by atoms with Crippen molar-refractivity contribution in [2.24, 2.45) is 5.16 Å². The molecular formula is C4H4N4O2S. The maximum atomic E-state index is 10.2. The Balaban J connectivity index is 3.00. The van der Waals surface area contributed by atoms with Crippen LogP contribution in [0.1, 0.15) is 5.01 Å². The summed E-state index contributed by atoms with van der Waals surface area (Å²) in [5.74, 6) is 0. The van der Waals surface area contributed by atoms with Crippen molar-refractivity contribution in [3.05, 3.63) is 5.01 Å². The van der Waals surface area contributed by atoms with Gasteiger partial charge < -0.3 is 10.9 Å². The highest BCUT2D eigenvalue weighted by molar-refractivity contribution is 7.17. The summed E-state index contributed by atoms with van der Waals surface area (Å²) in [6.07, 6.45) is 0.375. The van der Waals surface area contributed by atoms with E-state index in [1.807, 2.05) is 0 Å². The molecule has 7 heteroatoms. The van der Waals surface area contributed by atoms with Crippen molar-refractivity contribution in [1.29, 1.82) is 0 Å². The molecule has 0 aliphatic heterocycles. The molecule has 0 unspecified atom stereocenters. The van der Waals surface area contributed by atoms with Crippen molar-refractivity contribution in [1.82, 2.24) is 10.2 Å². The van der Waals surface area contributed by atoms with E-state index in [-0.39, 0.29) is 15.9 Å². The molecule has 0 spiro atoms. The molecule has 0 atom stereocenters. The van der Waals surface area contributed by atoms with E-state index in [9.17, 15) is 4.79 Å². The molecule has 1 rings (SSSR count). The SMILES string of the molecule is Nc1nnc(/C(C=O)=N/O)s1. The average molecular weight is 172 g/mol. The first-order valence-electron chi connectivity index (χ1n) is 2.54. The zero-order valence-electron chi connectivity index (χ0n) is 5.26. The molecule has 0 saturated heterocycles. The summed E-state index contributed by atoms with van der Waals surface area (Å²) in [6.45, 7) is 0. The van der Waals surface area contributed by atoms with Crippen LogP contribution in [0.15, 0.2) is 5.16 Å². The number of nitrogens with two attached hydrogens (primary N) is 1. The Morgan fingerprint density at radius 3 is 2.82 bits per heavy atom. The lowest BCUT2D eigenvalue weighted by Gasteiger charge is -1.83. The standard InChI is InChI=1S/C4H4N4O2S/c5-4-7-6-3(11-4)2(1-9)8-10/h1,10H,(H2,5,7)/b8-2+. The molecular weight excluding hydrogens is 168 g/mol. The summed E-state index contributed by atoms with van der Waals surface area (Å²) >= 11 is 0.979. The summed E-state index contributed by atoms with van der Waals surface area (Å²) in [4.78, 5) is 10.2. The van der Waals surface area contributed by atoms with Crippen LogP contribution >= 0.6 is 11.3 Å². The zero-order chi connectivity index (χ0) is 8.27. The first-order chi connectivity index (χ1) is 5.27. The van der Waals surface area contributed by atoms with Crippen molar-refractivity contribution >= 4 is 28.5 Å². The number of anilines is 1. The number of nitrogens with zero attached hydrogens (tertiary/aromatic N) is 3. The molecule has 0 amide bonds. The summed E-state index contributed by atoms with van der Waals surface area (Å²) in [5, 5.41) is 18.3. The van der Waals surface area contributed by atoms with Gasteiger partial charge in [0.2, 0.25) is 5.13 Å². The van der Waals surface area contributed by atoms with Crippen LogP contribution < -0.4 is 5.73 Å². The lowest BCUT2D eigenvalue weighted by molar-refractivity contribution is -0.102. The van der Waals surface area contributed by atoms with E-state index in [0.29, 0.717) is 6.29 Å². The number of hydrogen-bond acceptors (Lipinski definition) is 7. The summed E-state index contributed by atoms with van der Waals surface area (Å²) < 4.78 is 0. The lowest BCUT2D eigenvalue weighted by Crippen LogP contribution is -2.00. The summed E-state index contributed by atoms with van der Waals surface area (Å²) in [7, 11) is 0. The van der Waals surface area contributed by atoms with E-state index in [1.165, 1.54) is 0 Å². The van der Waals surface area contributed by atoms with Crippen LogP contribution in [0.3, 0.4) is 0 Å². The van der Waals surface area contributed by atoms with Crippen molar-refractivity contribution < 1.29 is 10.0 Å². The highest BCUT2D eigenvalue weighted by Gasteiger charge is 2.08. The van der Waals surface area contributed by atoms with E-state index < -0.39 is 0 Å². The predicted octanol–water partition coefficient (Wildman–Crippen LogP) is -0.503. The van der Waals surface area contributed by atoms with Gasteiger partial charge in [-0.2, -0.15) is 0 Å². The van der Waals surface area contributed by atoms with Crippen LogP contribution in [-0.4, -0.2) is 27.4 Å². The van der Waals surface area contributed by atoms with Crippen molar-refractivity contribution in [3.8, 4) is 0 Å². The second-order valence-electron chi connectivity index (χ2n) is 1.55. The number of aromatic nitrogens is 2. The number of oxime groups is 1. The maximum absolute atomic E-state index is 10.2. The van der Waals surface area contributed by atoms with Gasteiger partial charge in [-0.15, -0.1) is 10.2 Å². The monoisotopic (exact) mass is 172 g/mol. The zero-order valence-corrected chi connectivity index (χ0v) is 6.08. The molecule has 6 nitrogen and oxygen atoms in total. The van der Waals surface area contributed by atoms with Gasteiger partial charge in [0.15, 0.2) is 17.0 Å². The van der Waals surface area contributed by atoms with Crippen LogP contribution in [-0.2, 0) is 4.79 Å². The molecule has 1 aromatic rings. The Morgan fingerprint density at radius 1 is 1.73 bits per heavy atom. The second kappa shape index (κ2) is 3.06. The van der Waals surface area contributed by atoms with Crippen molar-refractivity contribution in [2.45, 2.75) is 0 Å². The van der Waals surface area contributed by atoms with E-state index in [2.05, 4.69) is 15.4 Å². The van der Waals surface area contributed by atoms with E-state index in [4.69, 9.17) is 10.9 Å². The van der Waals surface area contributed by atoms with Gasteiger partial charge in [-0.3, -0.25) is 4.79 Å². The molecule has 0 fully saturated rings. The summed E-state index contributed by atoms with van der Waals surface area (Å²) in [5.41, 5.74) is 5.05. The van der Waals surface area contributed by atoms with Crippen molar-refractivity contribution in [3.63, 3.8) is 0 Å². The highest BCUT2D eigenvalue weighted by atomic mass is 32.1. The second-order valence-corrected chi connectivity index (χ2v) is 2.56. The van der Waals surface area contributed by atoms with Crippen LogP contribution in [0.4, 0.5) is 5.13 Å². The first kappa shape index (κ1) is 7.61. The first-order valence-corrected chi connectivity index (χ1v) is 3.36. The fraction of sp³-hybridized carbons (Fsp3) is 0.